The maximum Gasteiger partial charge on any atom is 0.219 e. The Kier molecular flexibility index (Phi) is 3.81. The van der Waals surface area contributed by atoms with E-state index in [0.717, 1.165) is 37.6 Å². The fourth-order valence-corrected chi connectivity index (χ4v) is 2.33. The van der Waals surface area contributed by atoms with Gasteiger partial charge in [0, 0.05) is 51.4 Å². The lowest BCUT2D eigenvalue weighted by Crippen LogP contribution is -2.48. The number of amides is 1. The molecule has 18 heavy (non-hydrogen) atoms. The van der Waals surface area contributed by atoms with Crippen LogP contribution in [0.1, 0.15) is 18.1 Å². The van der Waals surface area contributed by atoms with Crippen LogP contribution in [-0.2, 0) is 11.3 Å². The van der Waals surface area contributed by atoms with Crippen LogP contribution in [0.3, 0.4) is 0 Å². The number of hydrogen-bond acceptors (Lipinski definition) is 4. The Morgan fingerprint density at radius 1 is 1.39 bits per heavy atom. The van der Waals surface area contributed by atoms with Crippen molar-refractivity contribution in [3.05, 3.63) is 23.4 Å². The number of pyridine rings is 1. The molecule has 1 aromatic heterocycles. The molecule has 0 unspecified atom stereocenters. The van der Waals surface area contributed by atoms with Crippen molar-refractivity contribution in [1.82, 2.24) is 9.88 Å². The zero-order chi connectivity index (χ0) is 13.1. The Labute approximate surface area is 108 Å². The predicted molar refractivity (Wildman–Crippen MR) is 71.3 cm³/mol. The Morgan fingerprint density at radius 2 is 2.06 bits per heavy atom. The SMILES string of the molecule is CC(=O)N1CCN(c2nccc(C)c2CN)CC1. The van der Waals surface area contributed by atoms with Crippen molar-refractivity contribution in [1.29, 1.82) is 0 Å². The highest BCUT2D eigenvalue weighted by atomic mass is 16.2. The summed E-state index contributed by atoms with van der Waals surface area (Å²) in [5, 5.41) is 0. The third-order valence-corrected chi connectivity index (χ3v) is 3.50. The second-order valence-electron chi connectivity index (χ2n) is 4.63. The lowest BCUT2D eigenvalue weighted by atomic mass is 10.1. The molecule has 0 bridgehead atoms. The highest BCUT2D eigenvalue weighted by Gasteiger charge is 2.21. The van der Waals surface area contributed by atoms with Crippen LogP contribution in [0.15, 0.2) is 12.3 Å². The van der Waals surface area contributed by atoms with Crippen molar-refractivity contribution in [2.24, 2.45) is 5.73 Å². The van der Waals surface area contributed by atoms with Crippen LogP contribution in [0.4, 0.5) is 5.82 Å². The van der Waals surface area contributed by atoms with Gasteiger partial charge in [-0.25, -0.2) is 4.98 Å². The average molecular weight is 248 g/mol. The fraction of sp³-hybridized carbons (Fsp3) is 0.538. The lowest BCUT2D eigenvalue weighted by molar-refractivity contribution is -0.129. The first kappa shape index (κ1) is 12.8. The Morgan fingerprint density at radius 3 is 2.61 bits per heavy atom. The van der Waals surface area contributed by atoms with E-state index in [4.69, 9.17) is 5.73 Å². The van der Waals surface area contributed by atoms with Gasteiger partial charge in [-0.2, -0.15) is 0 Å². The van der Waals surface area contributed by atoms with Crippen LogP contribution in [-0.4, -0.2) is 42.0 Å². The number of hydrogen-bond donors (Lipinski definition) is 1. The number of carbonyl (C=O) groups is 1. The van der Waals surface area contributed by atoms with Gasteiger partial charge in [0.2, 0.25) is 5.91 Å². The molecule has 2 N–H and O–H groups in total. The van der Waals surface area contributed by atoms with Crippen LogP contribution in [0.2, 0.25) is 0 Å². The first-order valence-corrected chi connectivity index (χ1v) is 6.28. The summed E-state index contributed by atoms with van der Waals surface area (Å²) in [5.74, 6) is 1.12. The molecule has 0 aliphatic carbocycles. The number of aromatic nitrogens is 1. The van der Waals surface area contributed by atoms with Crippen LogP contribution >= 0.6 is 0 Å². The van der Waals surface area contributed by atoms with E-state index in [-0.39, 0.29) is 5.91 Å². The number of nitrogens with two attached hydrogens (primary N) is 1. The molecule has 2 heterocycles. The molecule has 0 atom stereocenters. The van der Waals surface area contributed by atoms with Crippen molar-refractivity contribution in [2.75, 3.05) is 31.1 Å². The van der Waals surface area contributed by atoms with E-state index in [0.29, 0.717) is 6.54 Å². The molecule has 1 aliphatic rings. The summed E-state index contributed by atoms with van der Waals surface area (Å²) in [4.78, 5) is 19.8. The number of aryl methyl sites for hydroxylation is 1. The van der Waals surface area contributed by atoms with Crippen molar-refractivity contribution in [2.45, 2.75) is 20.4 Å². The monoisotopic (exact) mass is 248 g/mol. The summed E-state index contributed by atoms with van der Waals surface area (Å²) in [5.41, 5.74) is 8.09. The first-order valence-electron chi connectivity index (χ1n) is 6.28. The van der Waals surface area contributed by atoms with Gasteiger partial charge in [0.25, 0.3) is 0 Å². The minimum absolute atomic E-state index is 0.144. The largest absolute Gasteiger partial charge is 0.353 e. The van der Waals surface area contributed by atoms with E-state index in [1.165, 1.54) is 5.56 Å². The summed E-state index contributed by atoms with van der Waals surface area (Å²) < 4.78 is 0. The van der Waals surface area contributed by atoms with E-state index in [2.05, 4.69) is 16.8 Å². The first-order chi connectivity index (χ1) is 8.63. The van der Waals surface area contributed by atoms with E-state index >= 15 is 0 Å². The molecule has 2 rings (SSSR count). The molecule has 0 radical (unpaired) electrons. The van der Waals surface area contributed by atoms with Crippen molar-refractivity contribution in [3.63, 3.8) is 0 Å². The quantitative estimate of drug-likeness (QED) is 0.828. The Bertz CT molecular complexity index is 439. The maximum atomic E-state index is 11.3. The molecule has 1 fully saturated rings. The minimum Gasteiger partial charge on any atom is -0.353 e. The van der Waals surface area contributed by atoms with E-state index < -0.39 is 0 Å². The van der Waals surface area contributed by atoms with Gasteiger partial charge < -0.3 is 15.5 Å². The molecular weight excluding hydrogens is 228 g/mol. The highest BCUT2D eigenvalue weighted by Crippen LogP contribution is 2.21. The van der Waals surface area contributed by atoms with Crippen LogP contribution in [0, 0.1) is 6.92 Å². The topological polar surface area (TPSA) is 62.5 Å². The Balaban J connectivity index is 2.14. The zero-order valence-corrected chi connectivity index (χ0v) is 11.0. The van der Waals surface area contributed by atoms with Gasteiger partial charge in [-0.05, 0) is 18.6 Å². The molecule has 0 spiro atoms. The van der Waals surface area contributed by atoms with Crippen LogP contribution in [0.25, 0.3) is 0 Å². The lowest BCUT2D eigenvalue weighted by Gasteiger charge is -2.35. The van der Waals surface area contributed by atoms with Gasteiger partial charge in [0.05, 0.1) is 0 Å². The van der Waals surface area contributed by atoms with Gasteiger partial charge >= 0.3 is 0 Å². The zero-order valence-electron chi connectivity index (χ0n) is 11.0. The van der Waals surface area contributed by atoms with Crippen molar-refractivity contribution in [3.8, 4) is 0 Å². The average Bonchev–Trinajstić information content (AvgIpc) is 2.38. The molecule has 5 heteroatoms. The fourth-order valence-electron chi connectivity index (χ4n) is 2.33. The van der Waals surface area contributed by atoms with E-state index in [1.54, 1.807) is 6.92 Å². The smallest absolute Gasteiger partial charge is 0.219 e. The molecule has 0 aromatic carbocycles. The van der Waals surface area contributed by atoms with Crippen LogP contribution < -0.4 is 10.6 Å². The summed E-state index contributed by atoms with van der Waals surface area (Å²) in [7, 11) is 0. The molecule has 1 aliphatic heterocycles. The third kappa shape index (κ3) is 2.46. The summed E-state index contributed by atoms with van der Waals surface area (Å²) in [6.45, 7) is 7.34. The maximum absolute atomic E-state index is 11.3. The molecule has 5 nitrogen and oxygen atoms in total. The van der Waals surface area contributed by atoms with Gasteiger partial charge in [0.1, 0.15) is 5.82 Å². The summed E-state index contributed by atoms with van der Waals surface area (Å²) >= 11 is 0. The van der Waals surface area contributed by atoms with Gasteiger partial charge in [-0.1, -0.05) is 0 Å². The number of anilines is 1. The highest BCUT2D eigenvalue weighted by molar-refractivity contribution is 5.73. The molecule has 1 saturated heterocycles. The third-order valence-electron chi connectivity index (χ3n) is 3.50. The number of nitrogens with zero attached hydrogens (tertiary/aromatic N) is 3. The van der Waals surface area contributed by atoms with Gasteiger partial charge in [-0.3, -0.25) is 4.79 Å². The Hall–Kier alpha value is -1.62. The van der Waals surface area contributed by atoms with E-state index in [9.17, 15) is 4.79 Å². The minimum atomic E-state index is 0.144. The molecule has 0 saturated carbocycles. The van der Waals surface area contributed by atoms with E-state index in [1.807, 2.05) is 17.2 Å². The summed E-state index contributed by atoms with van der Waals surface area (Å²) in [6, 6.07) is 1.98. The normalized spacial score (nSPS) is 15.9. The standard InChI is InChI=1S/C13H20N4O/c1-10-3-4-15-13(12(10)9-14)17-7-5-16(6-8-17)11(2)18/h3-4H,5-9,14H2,1-2H3. The number of carbonyl (C=O) groups excluding carboxylic acids is 1. The second-order valence-corrected chi connectivity index (χ2v) is 4.63. The molecular formula is C13H20N4O. The molecule has 1 aromatic rings. The second kappa shape index (κ2) is 5.35. The van der Waals surface area contributed by atoms with Gasteiger partial charge in [0.15, 0.2) is 0 Å². The van der Waals surface area contributed by atoms with Crippen LogP contribution in [0.5, 0.6) is 0 Å². The predicted octanol–water partition coefficient (Wildman–Crippen LogP) is 0.517. The number of rotatable bonds is 2. The van der Waals surface area contributed by atoms with Gasteiger partial charge in [-0.15, -0.1) is 0 Å². The number of piperazine rings is 1. The summed E-state index contributed by atoms with van der Waals surface area (Å²) in [6.07, 6.45) is 1.82. The van der Waals surface area contributed by atoms with Crippen molar-refractivity contribution < 1.29 is 4.79 Å². The van der Waals surface area contributed by atoms with Crippen molar-refractivity contribution >= 4 is 11.7 Å². The molecule has 98 valence electrons. The molecule has 1 amide bonds.